The number of likely N-dealkylation sites (N-methyl/N-ethyl adjacent to an activating group) is 1. The van der Waals surface area contributed by atoms with Gasteiger partial charge in [-0.05, 0) is 51.4 Å². The highest BCUT2D eigenvalue weighted by Crippen LogP contribution is 2.45. The van der Waals surface area contributed by atoms with Crippen LogP contribution < -0.4 is 0 Å². The quantitative estimate of drug-likeness (QED) is 0.906. The van der Waals surface area contributed by atoms with Gasteiger partial charge in [0.1, 0.15) is 0 Å². The first-order valence-corrected chi connectivity index (χ1v) is 7.44. The SMILES string of the molecule is CN(C)C1(C(O)C2CCc3cccnc32)CCCC1. The first kappa shape index (κ1) is 13.1. The highest BCUT2D eigenvalue weighted by molar-refractivity contribution is 5.30. The molecule has 0 spiro atoms. The van der Waals surface area contributed by atoms with E-state index in [-0.39, 0.29) is 17.6 Å². The molecular weight excluding hydrogens is 236 g/mol. The van der Waals surface area contributed by atoms with Crippen molar-refractivity contribution in [1.82, 2.24) is 9.88 Å². The van der Waals surface area contributed by atoms with Crippen LogP contribution in [0.15, 0.2) is 18.3 Å². The molecule has 2 atom stereocenters. The van der Waals surface area contributed by atoms with Gasteiger partial charge in [-0.25, -0.2) is 0 Å². The van der Waals surface area contributed by atoms with E-state index in [2.05, 4.69) is 30.0 Å². The van der Waals surface area contributed by atoms with Crippen molar-refractivity contribution in [1.29, 1.82) is 0 Å². The second kappa shape index (κ2) is 4.88. The second-order valence-corrected chi connectivity index (χ2v) is 6.34. The molecule has 3 rings (SSSR count). The molecule has 1 N–H and O–H groups in total. The molecule has 3 heteroatoms. The molecule has 2 unspecified atom stereocenters. The molecule has 0 bridgehead atoms. The van der Waals surface area contributed by atoms with Gasteiger partial charge in [0.25, 0.3) is 0 Å². The van der Waals surface area contributed by atoms with Gasteiger partial charge in [-0.2, -0.15) is 0 Å². The van der Waals surface area contributed by atoms with Gasteiger partial charge in [-0.1, -0.05) is 18.9 Å². The lowest BCUT2D eigenvalue weighted by Crippen LogP contribution is -2.53. The Balaban J connectivity index is 1.90. The van der Waals surface area contributed by atoms with E-state index >= 15 is 0 Å². The molecule has 0 aromatic carbocycles. The minimum Gasteiger partial charge on any atom is -0.390 e. The number of rotatable bonds is 3. The molecule has 104 valence electrons. The van der Waals surface area contributed by atoms with E-state index < -0.39 is 0 Å². The highest BCUT2D eigenvalue weighted by Gasteiger charge is 2.47. The van der Waals surface area contributed by atoms with E-state index in [1.54, 1.807) is 0 Å². The van der Waals surface area contributed by atoms with E-state index in [1.165, 1.54) is 18.4 Å². The van der Waals surface area contributed by atoms with Gasteiger partial charge in [0, 0.05) is 23.3 Å². The fourth-order valence-electron chi connectivity index (χ4n) is 4.12. The predicted octanol–water partition coefficient (Wildman–Crippen LogP) is 2.35. The molecule has 0 saturated heterocycles. The van der Waals surface area contributed by atoms with Gasteiger partial charge in [0.2, 0.25) is 0 Å². The lowest BCUT2D eigenvalue weighted by atomic mass is 9.80. The van der Waals surface area contributed by atoms with Gasteiger partial charge in [0.05, 0.1) is 6.10 Å². The second-order valence-electron chi connectivity index (χ2n) is 6.34. The largest absolute Gasteiger partial charge is 0.390 e. The standard InChI is InChI=1S/C16H24N2O/c1-18(2)16(9-3-4-10-16)15(19)13-8-7-12-6-5-11-17-14(12)13/h5-6,11,13,15,19H,3-4,7-10H2,1-2H3. The number of aromatic nitrogens is 1. The molecular formula is C16H24N2O. The summed E-state index contributed by atoms with van der Waals surface area (Å²) in [5.74, 6) is 0.219. The van der Waals surface area contributed by atoms with E-state index in [0.29, 0.717) is 0 Å². The summed E-state index contributed by atoms with van der Waals surface area (Å²) in [6.45, 7) is 0. The first-order valence-electron chi connectivity index (χ1n) is 7.44. The van der Waals surface area contributed by atoms with Gasteiger partial charge in [-0.15, -0.1) is 0 Å². The topological polar surface area (TPSA) is 36.4 Å². The third-order valence-electron chi connectivity index (χ3n) is 5.29. The van der Waals surface area contributed by atoms with Crippen molar-refractivity contribution in [3.63, 3.8) is 0 Å². The highest BCUT2D eigenvalue weighted by atomic mass is 16.3. The predicted molar refractivity (Wildman–Crippen MR) is 76.2 cm³/mol. The monoisotopic (exact) mass is 260 g/mol. The first-order chi connectivity index (χ1) is 9.15. The lowest BCUT2D eigenvalue weighted by molar-refractivity contribution is -0.0200. The van der Waals surface area contributed by atoms with Crippen molar-refractivity contribution < 1.29 is 5.11 Å². The van der Waals surface area contributed by atoms with E-state index in [0.717, 1.165) is 31.4 Å². The van der Waals surface area contributed by atoms with Crippen LogP contribution in [0.3, 0.4) is 0 Å². The van der Waals surface area contributed by atoms with Gasteiger partial charge in [-0.3, -0.25) is 4.98 Å². The fourth-order valence-corrected chi connectivity index (χ4v) is 4.12. The third-order valence-corrected chi connectivity index (χ3v) is 5.29. The Labute approximate surface area is 115 Å². The molecule has 0 amide bonds. The number of pyridine rings is 1. The zero-order chi connectivity index (χ0) is 13.5. The average Bonchev–Trinajstić information content (AvgIpc) is 3.06. The summed E-state index contributed by atoms with van der Waals surface area (Å²) in [4.78, 5) is 6.80. The molecule has 0 aliphatic heterocycles. The van der Waals surface area contributed by atoms with Crippen LogP contribution in [0.2, 0.25) is 0 Å². The minimum absolute atomic E-state index is 0.0379. The van der Waals surface area contributed by atoms with Gasteiger partial charge >= 0.3 is 0 Å². The Hall–Kier alpha value is -0.930. The maximum atomic E-state index is 11.0. The summed E-state index contributed by atoms with van der Waals surface area (Å²) in [6.07, 6.45) is 8.37. The Morgan fingerprint density at radius 3 is 2.79 bits per heavy atom. The summed E-state index contributed by atoms with van der Waals surface area (Å²) in [6, 6.07) is 4.16. The zero-order valence-electron chi connectivity index (χ0n) is 12.0. The van der Waals surface area contributed by atoms with Crippen LogP contribution in [0.4, 0.5) is 0 Å². The normalized spacial score (nSPS) is 26.6. The Morgan fingerprint density at radius 2 is 2.11 bits per heavy atom. The molecule has 0 radical (unpaired) electrons. The van der Waals surface area contributed by atoms with E-state index in [1.807, 2.05) is 12.3 Å². The van der Waals surface area contributed by atoms with E-state index in [9.17, 15) is 5.11 Å². The molecule has 1 fully saturated rings. The third kappa shape index (κ3) is 2.00. The van der Waals surface area contributed by atoms with Crippen LogP contribution in [-0.4, -0.2) is 40.7 Å². The Bertz CT molecular complexity index is 452. The molecule has 19 heavy (non-hydrogen) atoms. The van der Waals surface area contributed by atoms with Crippen molar-refractivity contribution >= 4 is 0 Å². The maximum absolute atomic E-state index is 11.0. The molecule has 3 nitrogen and oxygen atoms in total. The molecule has 1 heterocycles. The summed E-state index contributed by atoms with van der Waals surface area (Å²) in [5.41, 5.74) is 2.44. The average molecular weight is 260 g/mol. The number of aliphatic hydroxyl groups is 1. The number of aliphatic hydroxyl groups excluding tert-OH is 1. The molecule has 1 aromatic heterocycles. The summed E-state index contributed by atoms with van der Waals surface area (Å²) in [5, 5.41) is 11.0. The Kier molecular flexibility index (Phi) is 3.35. The number of hydrogen-bond donors (Lipinski definition) is 1. The summed E-state index contributed by atoms with van der Waals surface area (Å²) >= 11 is 0. The van der Waals surface area contributed by atoms with Crippen molar-refractivity contribution in [3.05, 3.63) is 29.6 Å². The maximum Gasteiger partial charge on any atom is 0.0807 e. The van der Waals surface area contributed by atoms with Crippen LogP contribution in [0, 0.1) is 0 Å². The van der Waals surface area contributed by atoms with Crippen molar-refractivity contribution in [3.8, 4) is 0 Å². The lowest BCUT2D eigenvalue weighted by Gasteiger charge is -2.43. The number of nitrogens with zero attached hydrogens (tertiary/aromatic N) is 2. The fraction of sp³-hybridized carbons (Fsp3) is 0.688. The Morgan fingerprint density at radius 1 is 1.37 bits per heavy atom. The van der Waals surface area contributed by atoms with Crippen molar-refractivity contribution in [2.75, 3.05) is 14.1 Å². The van der Waals surface area contributed by atoms with Gasteiger partial charge in [0.15, 0.2) is 0 Å². The van der Waals surface area contributed by atoms with Crippen LogP contribution in [0.1, 0.15) is 49.3 Å². The summed E-state index contributed by atoms with van der Waals surface area (Å²) in [7, 11) is 4.23. The molecule has 1 aromatic rings. The zero-order valence-corrected chi connectivity index (χ0v) is 12.0. The summed E-state index contributed by atoms with van der Waals surface area (Å²) < 4.78 is 0. The van der Waals surface area contributed by atoms with Crippen LogP contribution >= 0.6 is 0 Å². The van der Waals surface area contributed by atoms with Crippen molar-refractivity contribution in [2.24, 2.45) is 0 Å². The van der Waals surface area contributed by atoms with Crippen molar-refractivity contribution in [2.45, 2.75) is 56.1 Å². The van der Waals surface area contributed by atoms with Crippen LogP contribution in [0.25, 0.3) is 0 Å². The molecule has 1 saturated carbocycles. The van der Waals surface area contributed by atoms with E-state index in [4.69, 9.17) is 0 Å². The number of aryl methyl sites for hydroxylation is 1. The van der Waals surface area contributed by atoms with Crippen LogP contribution in [0.5, 0.6) is 0 Å². The number of hydrogen-bond acceptors (Lipinski definition) is 3. The minimum atomic E-state index is -0.291. The number of fused-ring (bicyclic) bond motifs is 1. The smallest absolute Gasteiger partial charge is 0.0807 e. The molecule has 2 aliphatic carbocycles. The van der Waals surface area contributed by atoms with Gasteiger partial charge < -0.3 is 10.0 Å². The molecule has 2 aliphatic rings. The van der Waals surface area contributed by atoms with Crippen LogP contribution in [-0.2, 0) is 6.42 Å².